The van der Waals surface area contributed by atoms with E-state index < -0.39 is 0 Å². The molecule has 0 spiro atoms. The first-order valence-electron chi connectivity index (χ1n) is 9.75. The molecular weight excluding hydrogens is 342 g/mol. The number of hydrogen-bond acceptors (Lipinski definition) is 3. The fraction of sp³-hybridized carbons (Fsp3) is 0.571. The minimum Gasteiger partial charge on any atom is -0.352 e. The third kappa shape index (κ3) is 7.04. The Balaban J connectivity index is 1.80. The molecule has 0 aliphatic carbocycles. The largest absolute Gasteiger partial charge is 0.352 e. The van der Waals surface area contributed by atoms with E-state index in [1.165, 1.54) is 12.8 Å². The number of benzene rings is 1. The standard InChI is InChI=1S/C21H31N3O3/c1-21(2,3)23-20(27)17-10-8-16(9-11-17)19(26)22-13-12-18(25)24-14-6-4-5-7-15-24/h8-11H,4-7,12-15H2,1-3H3,(H,22,26)(H,23,27). The number of carbonyl (C=O) groups is 3. The molecule has 0 saturated carbocycles. The Labute approximate surface area is 161 Å². The van der Waals surface area contributed by atoms with E-state index in [0.29, 0.717) is 24.1 Å². The van der Waals surface area contributed by atoms with Crippen molar-refractivity contribution in [3.05, 3.63) is 35.4 Å². The fourth-order valence-corrected chi connectivity index (χ4v) is 3.05. The number of hydrogen-bond donors (Lipinski definition) is 2. The molecule has 148 valence electrons. The number of amides is 3. The predicted molar refractivity (Wildman–Crippen MR) is 106 cm³/mol. The van der Waals surface area contributed by atoms with Gasteiger partial charge in [0, 0.05) is 42.7 Å². The van der Waals surface area contributed by atoms with Crippen LogP contribution in [0.2, 0.25) is 0 Å². The summed E-state index contributed by atoms with van der Waals surface area (Å²) in [4.78, 5) is 38.5. The Bertz CT molecular complexity index is 654. The zero-order valence-corrected chi connectivity index (χ0v) is 16.6. The molecule has 0 radical (unpaired) electrons. The van der Waals surface area contributed by atoms with Crippen molar-refractivity contribution < 1.29 is 14.4 Å². The van der Waals surface area contributed by atoms with Gasteiger partial charge in [-0.15, -0.1) is 0 Å². The third-order valence-electron chi connectivity index (χ3n) is 4.48. The Kier molecular flexibility index (Phi) is 7.39. The number of rotatable bonds is 5. The molecule has 0 aromatic heterocycles. The normalized spacial score (nSPS) is 15.0. The lowest BCUT2D eigenvalue weighted by molar-refractivity contribution is -0.131. The minimum atomic E-state index is -0.312. The van der Waals surface area contributed by atoms with E-state index in [-0.39, 0.29) is 23.3 Å². The summed E-state index contributed by atoms with van der Waals surface area (Å²) < 4.78 is 0. The molecule has 1 aliphatic rings. The Hall–Kier alpha value is -2.37. The van der Waals surface area contributed by atoms with Crippen molar-refractivity contribution in [2.24, 2.45) is 0 Å². The zero-order valence-electron chi connectivity index (χ0n) is 16.6. The van der Waals surface area contributed by atoms with Gasteiger partial charge in [-0.1, -0.05) is 12.8 Å². The molecule has 3 amide bonds. The molecule has 0 atom stereocenters. The van der Waals surface area contributed by atoms with Crippen LogP contribution in [0.25, 0.3) is 0 Å². The van der Waals surface area contributed by atoms with Crippen LogP contribution >= 0.6 is 0 Å². The molecule has 1 saturated heterocycles. The lowest BCUT2D eigenvalue weighted by Gasteiger charge is -2.20. The monoisotopic (exact) mass is 373 g/mol. The minimum absolute atomic E-state index is 0.103. The molecular formula is C21H31N3O3. The molecule has 0 unspecified atom stereocenters. The van der Waals surface area contributed by atoms with Crippen molar-refractivity contribution in [3.63, 3.8) is 0 Å². The molecule has 1 aromatic carbocycles. The molecule has 2 N–H and O–H groups in total. The summed E-state index contributed by atoms with van der Waals surface area (Å²) in [5, 5.41) is 5.67. The smallest absolute Gasteiger partial charge is 0.251 e. The van der Waals surface area contributed by atoms with Gasteiger partial charge in [0.15, 0.2) is 0 Å². The SMILES string of the molecule is CC(C)(C)NC(=O)c1ccc(C(=O)NCCC(=O)N2CCCCCC2)cc1. The van der Waals surface area contributed by atoms with Gasteiger partial charge in [-0.25, -0.2) is 0 Å². The maximum Gasteiger partial charge on any atom is 0.251 e. The third-order valence-corrected chi connectivity index (χ3v) is 4.48. The molecule has 1 aromatic rings. The molecule has 0 bridgehead atoms. The van der Waals surface area contributed by atoms with Gasteiger partial charge < -0.3 is 15.5 Å². The topological polar surface area (TPSA) is 78.5 Å². The summed E-state index contributed by atoms with van der Waals surface area (Å²) in [5.74, 6) is -0.301. The number of carbonyl (C=O) groups excluding carboxylic acids is 3. The van der Waals surface area contributed by atoms with Crippen molar-refractivity contribution in [3.8, 4) is 0 Å². The van der Waals surface area contributed by atoms with Crippen LogP contribution in [-0.2, 0) is 4.79 Å². The van der Waals surface area contributed by atoms with Gasteiger partial charge in [0.2, 0.25) is 5.91 Å². The summed E-state index contributed by atoms with van der Waals surface area (Å²) in [7, 11) is 0. The van der Waals surface area contributed by atoms with E-state index in [0.717, 1.165) is 25.9 Å². The average molecular weight is 373 g/mol. The zero-order chi connectivity index (χ0) is 19.9. The van der Waals surface area contributed by atoms with E-state index in [2.05, 4.69) is 10.6 Å². The van der Waals surface area contributed by atoms with E-state index in [4.69, 9.17) is 0 Å². The first-order chi connectivity index (χ1) is 12.8. The van der Waals surface area contributed by atoms with Gasteiger partial charge in [-0.05, 0) is 57.9 Å². The van der Waals surface area contributed by atoms with Gasteiger partial charge in [-0.3, -0.25) is 14.4 Å². The first-order valence-corrected chi connectivity index (χ1v) is 9.75. The van der Waals surface area contributed by atoms with E-state index in [9.17, 15) is 14.4 Å². The predicted octanol–water partition coefficient (Wildman–Crippen LogP) is 2.74. The van der Waals surface area contributed by atoms with Crippen LogP contribution in [0, 0.1) is 0 Å². The van der Waals surface area contributed by atoms with Crippen molar-refractivity contribution in [1.82, 2.24) is 15.5 Å². The van der Waals surface area contributed by atoms with Crippen LogP contribution in [0.1, 0.15) is 73.6 Å². The van der Waals surface area contributed by atoms with Crippen LogP contribution in [0.15, 0.2) is 24.3 Å². The van der Waals surface area contributed by atoms with Crippen molar-refractivity contribution in [1.29, 1.82) is 0 Å². The average Bonchev–Trinajstić information content (AvgIpc) is 2.89. The Morgan fingerprint density at radius 1 is 0.889 bits per heavy atom. The molecule has 1 aliphatic heterocycles. The van der Waals surface area contributed by atoms with Crippen LogP contribution in [-0.4, -0.2) is 47.8 Å². The Morgan fingerprint density at radius 2 is 1.41 bits per heavy atom. The Morgan fingerprint density at radius 3 is 1.93 bits per heavy atom. The molecule has 6 heteroatoms. The number of nitrogens with one attached hydrogen (secondary N) is 2. The highest BCUT2D eigenvalue weighted by Gasteiger charge is 2.17. The number of likely N-dealkylation sites (tertiary alicyclic amines) is 1. The van der Waals surface area contributed by atoms with Crippen molar-refractivity contribution in [2.75, 3.05) is 19.6 Å². The van der Waals surface area contributed by atoms with E-state index in [1.807, 2.05) is 25.7 Å². The van der Waals surface area contributed by atoms with Crippen LogP contribution in [0.3, 0.4) is 0 Å². The van der Waals surface area contributed by atoms with E-state index in [1.54, 1.807) is 24.3 Å². The van der Waals surface area contributed by atoms with Crippen LogP contribution in [0.5, 0.6) is 0 Å². The second-order valence-electron chi connectivity index (χ2n) is 8.08. The summed E-state index contributed by atoms with van der Waals surface area (Å²) in [6, 6.07) is 6.53. The lowest BCUT2D eigenvalue weighted by Crippen LogP contribution is -2.40. The van der Waals surface area contributed by atoms with Gasteiger partial charge in [0.1, 0.15) is 0 Å². The summed E-state index contributed by atoms with van der Waals surface area (Å²) >= 11 is 0. The second kappa shape index (κ2) is 9.53. The lowest BCUT2D eigenvalue weighted by atomic mass is 10.1. The molecule has 1 heterocycles. The van der Waals surface area contributed by atoms with E-state index >= 15 is 0 Å². The first kappa shape index (κ1) is 20.9. The molecule has 27 heavy (non-hydrogen) atoms. The second-order valence-corrected chi connectivity index (χ2v) is 8.08. The van der Waals surface area contributed by atoms with Gasteiger partial charge in [0.05, 0.1) is 0 Å². The quantitative estimate of drug-likeness (QED) is 0.833. The fourth-order valence-electron chi connectivity index (χ4n) is 3.05. The van der Waals surface area contributed by atoms with Crippen LogP contribution in [0.4, 0.5) is 0 Å². The maximum absolute atomic E-state index is 12.2. The molecule has 6 nitrogen and oxygen atoms in total. The number of nitrogens with zero attached hydrogens (tertiary/aromatic N) is 1. The maximum atomic E-state index is 12.2. The van der Waals surface area contributed by atoms with Gasteiger partial charge in [0.25, 0.3) is 11.8 Å². The van der Waals surface area contributed by atoms with Gasteiger partial charge >= 0.3 is 0 Å². The highest BCUT2D eigenvalue weighted by atomic mass is 16.2. The highest BCUT2D eigenvalue weighted by Crippen LogP contribution is 2.11. The van der Waals surface area contributed by atoms with Crippen LogP contribution < -0.4 is 10.6 Å². The molecule has 2 rings (SSSR count). The summed E-state index contributed by atoms with van der Waals surface area (Å²) in [6.07, 6.45) is 4.81. The summed E-state index contributed by atoms with van der Waals surface area (Å²) in [5.41, 5.74) is 0.676. The van der Waals surface area contributed by atoms with Crippen molar-refractivity contribution in [2.45, 2.75) is 58.4 Å². The van der Waals surface area contributed by atoms with Crippen molar-refractivity contribution >= 4 is 17.7 Å². The van der Waals surface area contributed by atoms with Gasteiger partial charge in [-0.2, -0.15) is 0 Å². The molecule has 1 fully saturated rings. The summed E-state index contributed by atoms with van der Waals surface area (Å²) in [6.45, 7) is 7.72. The highest BCUT2D eigenvalue weighted by molar-refractivity contribution is 5.98.